The Balaban J connectivity index is 4.53. The van der Waals surface area contributed by atoms with Gasteiger partial charge in [0.15, 0.2) is 0 Å². The maximum atomic E-state index is 10.9. The lowest BCUT2D eigenvalue weighted by Gasteiger charge is -2.32. The van der Waals surface area contributed by atoms with Gasteiger partial charge in [0.05, 0.1) is 18.1 Å². The van der Waals surface area contributed by atoms with Crippen molar-refractivity contribution in [3.8, 4) is 0 Å². The Morgan fingerprint density at radius 3 is 2.50 bits per heavy atom. The number of alkyl carbamates (subject to hydrolysis) is 1. The summed E-state index contributed by atoms with van der Waals surface area (Å²) in [6, 6.07) is 0. The number of carboxylic acid groups (broad SMARTS) is 1. The molecule has 7 nitrogen and oxygen atoms in total. The lowest BCUT2D eigenvalue weighted by atomic mass is 9.91. The van der Waals surface area contributed by atoms with Crippen LogP contribution in [0, 0.1) is 0 Å². The zero-order valence-electron chi connectivity index (χ0n) is 9.65. The first-order valence-electron chi connectivity index (χ1n) is 4.73. The minimum absolute atomic E-state index is 0.228. The van der Waals surface area contributed by atoms with Crippen LogP contribution in [0.4, 0.5) is 4.79 Å². The molecule has 2 atom stereocenters. The second kappa shape index (κ2) is 6.29. The van der Waals surface area contributed by atoms with E-state index < -0.39 is 23.7 Å². The van der Waals surface area contributed by atoms with Gasteiger partial charge in [0.25, 0.3) is 0 Å². The maximum Gasteiger partial charge on any atom is 0.406 e. The molecule has 0 heterocycles. The summed E-state index contributed by atoms with van der Waals surface area (Å²) < 4.78 is 9.74. The Bertz CT molecular complexity index is 258. The second-order valence-corrected chi connectivity index (χ2v) is 3.51. The molecule has 4 N–H and O–H groups in total. The number of carboxylic acids is 1. The maximum absolute atomic E-state index is 10.9. The van der Waals surface area contributed by atoms with E-state index in [-0.39, 0.29) is 13.0 Å². The summed E-state index contributed by atoms with van der Waals surface area (Å²) in [5.74, 6) is -1.08. The molecule has 0 bridgehead atoms. The fraction of sp³-hybridized carbons (Fsp3) is 0.778. The predicted octanol–water partition coefficient (Wildman–Crippen LogP) is -0.450. The predicted molar refractivity (Wildman–Crippen MR) is 56.0 cm³/mol. The van der Waals surface area contributed by atoms with Crippen molar-refractivity contribution in [1.29, 1.82) is 0 Å². The lowest BCUT2D eigenvalue weighted by Crippen LogP contribution is -2.56. The van der Waals surface area contributed by atoms with Gasteiger partial charge in [-0.15, -0.1) is 0 Å². The molecule has 16 heavy (non-hydrogen) atoms. The van der Waals surface area contributed by atoms with E-state index in [9.17, 15) is 9.59 Å². The number of carbonyl (C=O) groups excluding carboxylic acids is 1. The quantitative estimate of drug-likeness (QED) is 0.574. The number of hydrogen-bond acceptors (Lipinski definition) is 5. The molecule has 0 saturated heterocycles. The molecule has 0 aliphatic rings. The van der Waals surface area contributed by atoms with Crippen molar-refractivity contribution in [2.24, 2.45) is 5.73 Å². The Kier molecular flexibility index (Phi) is 5.76. The van der Waals surface area contributed by atoms with E-state index in [2.05, 4.69) is 5.32 Å². The van der Waals surface area contributed by atoms with Crippen LogP contribution in [0.15, 0.2) is 0 Å². The second-order valence-electron chi connectivity index (χ2n) is 3.51. The molecule has 0 fully saturated rings. The van der Waals surface area contributed by atoms with Crippen LogP contribution in [0.3, 0.4) is 0 Å². The molecule has 7 heteroatoms. The SMILES string of the molecule is CNC(=O)OCC(N)(CC(=O)O)C(C)OC. The van der Waals surface area contributed by atoms with Crippen LogP contribution in [0.5, 0.6) is 0 Å². The largest absolute Gasteiger partial charge is 0.481 e. The smallest absolute Gasteiger partial charge is 0.406 e. The monoisotopic (exact) mass is 234 g/mol. The van der Waals surface area contributed by atoms with Crippen molar-refractivity contribution in [1.82, 2.24) is 5.32 Å². The van der Waals surface area contributed by atoms with Gasteiger partial charge in [-0.3, -0.25) is 4.79 Å². The molecular weight excluding hydrogens is 216 g/mol. The van der Waals surface area contributed by atoms with Gasteiger partial charge in [-0.2, -0.15) is 0 Å². The summed E-state index contributed by atoms with van der Waals surface area (Å²) in [5, 5.41) is 11.0. The molecule has 0 saturated carbocycles. The minimum atomic E-state index is -1.24. The number of ether oxygens (including phenoxy) is 2. The molecule has 1 amide bonds. The van der Waals surface area contributed by atoms with Gasteiger partial charge >= 0.3 is 12.1 Å². The molecule has 0 aromatic heterocycles. The molecule has 0 aromatic rings. The summed E-state index contributed by atoms with van der Waals surface area (Å²) >= 11 is 0. The third kappa shape index (κ3) is 4.45. The molecule has 0 aliphatic carbocycles. The van der Waals surface area contributed by atoms with Crippen molar-refractivity contribution >= 4 is 12.1 Å². The van der Waals surface area contributed by atoms with Crippen LogP contribution in [-0.4, -0.2) is 49.6 Å². The third-order valence-corrected chi connectivity index (χ3v) is 2.32. The molecule has 0 spiro atoms. The van der Waals surface area contributed by atoms with Gasteiger partial charge in [-0.1, -0.05) is 0 Å². The van der Waals surface area contributed by atoms with Gasteiger partial charge in [0.1, 0.15) is 6.61 Å². The van der Waals surface area contributed by atoms with Gasteiger partial charge in [0.2, 0.25) is 0 Å². The fourth-order valence-electron chi connectivity index (χ4n) is 1.10. The highest BCUT2D eigenvalue weighted by atomic mass is 16.6. The van der Waals surface area contributed by atoms with E-state index in [0.29, 0.717) is 0 Å². The van der Waals surface area contributed by atoms with Crippen LogP contribution < -0.4 is 11.1 Å². The van der Waals surface area contributed by atoms with E-state index in [1.807, 2.05) is 0 Å². The molecule has 2 unspecified atom stereocenters. The van der Waals surface area contributed by atoms with Crippen LogP contribution in [0.2, 0.25) is 0 Å². The van der Waals surface area contributed by atoms with Gasteiger partial charge < -0.3 is 25.6 Å². The van der Waals surface area contributed by atoms with Crippen LogP contribution >= 0.6 is 0 Å². The fourth-order valence-corrected chi connectivity index (χ4v) is 1.10. The Hall–Kier alpha value is -1.34. The molecular formula is C9H18N2O5. The van der Waals surface area contributed by atoms with Crippen molar-refractivity contribution in [3.63, 3.8) is 0 Å². The van der Waals surface area contributed by atoms with Gasteiger partial charge in [-0.05, 0) is 6.92 Å². The first kappa shape index (κ1) is 14.7. The summed E-state index contributed by atoms with van der Waals surface area (Å²) in [6.07, 6.45) is -1.56. The average Bonchev–Trinajstić information content (AvgIpc) is 2.23. The lowest BCUT2D eigenvalue weighted by molar-refractivity contribution is -0.140. The topological polar surface area (TPSA) is 111 Å². The normalized spacial score (nSPS) is 16.0. The highest BCUT2D eigenvalue weighted by Gasteiger charge is 2.36. The zero-order chi connectivity index (χ0) is 12.8. The van der Waals surface area contributed by atoms with Crippen molar-refractivity contribution in [2.75, 3.05) is 20.8 Å². The third-order valence-electron chi connectivity index (χ3n) is 2.32. The van der Waals surface area contributed by atoms with E-state index in [4.69, 9.17) is 20.3 Å². The zero-order valence-corrected chi connectivity index (χ0v) is 9.65. The number of methoxy groups -OCH3 is 1. The first-order valence-corrected chi connectivity index (χ1v) is 4.73. The molecule has 0 aromatic carbocycles. The molecule has 0 radical (unpaired) electrons. The molecule has 0 rings (SSSR count). The van der Waals surface area contributed by atoms with Gasteiger partial charge in [0, 0.05) is 14.2 Å². The van der Waals surface area contributed by atoms with Crippen molar-refractivity contribution in [3.05, 3.63) is 0 Å². The summed E-state index contributed by atoms with van der Waals surface area (Å²) in [7, 11) is 2.81. The van der Waals surface area contributed by atoms with Crippen molar-refractivity contribution in [2.45, 2.75) is 25.0 Å². The Labute approximate surface area is 93.9 Å². The highest BCUT2D eigenvalue weighted by Crippen LogP contribution is 2.16. The standard InChI is InChI=1S/C9H18N2O5/c1-6(15-3)9(10,4-7(12)13)5-16-8(14)11-2/h6H,4-5,10H2,1-3H3,(H,11,14)(H,12,13). The molecule has 94 valence electrons. The van der Waals surface area contributed by atoms with Crippen LogP contribution in [0.25, 0.3) is 0 Å². The minimum Gasteiger partial charge on any atom is -0.481 e. The van der Waals surface area contributed by atoms with E-state index in [1.54, 1.807) is 6.92 Å². The number of nitrogens with two attached hydrogens (primary N) is 1. The first-order chi connectivity index (χ1) is 7.35. The van der Waals surface area contributed by atoms with Gasteiger partial charge in [-0.25, -0.2) is 4.79 Å². The average molecular weight is 234 g/mol. The van der Waals surface area contributed by atoms with E-state index in [1.165, 1.54) is 14.2 Å². The number of hydrogen-bond donors (Lipinski definition) is 3. The van der Waals surface area contributed by atoms with Crippen LogP contribution in [0.1, 0.15) is 13.3 Å². The Morgan fingerprint density at radius 2 is 2.12 bits per heavy atom. The summed E-state index contributed by atoms with van der Waals surface area (Å²) in [4.78, 5) is 21.5. The Morgan fingerprint density at radius 1 is 1.56 bits per heavy atom. The van der Waals surface area contributed by atoms with E-state index in [0.717, 1.165) is 0 Å². The number of nitrogens with one attached hydrogen (secondary N) is 1. The highest BCUT2D eigenvalue weighted by molar-refractivity contribution is 5.69. The summed E-state index contributed by atoms with van der Waals surface area (Å²) in [5.41, 5.74) is 4.60. The van der Waals surface area contributed by atoms with E-state index >= 15 is 0 Å². The summed E-state index contributed by atoms with van der Waals surface area (Å²) in [6.45, 7) is 1.39. The molecule has 0 aliphatic heterocycles. The number of aliphatic carboxylic acids is 1. The van der Waals surface area contributed by atoms with Crippen LogP contribution in [-0.2, 0) is 14.3 Å². The number of rotatable bonds is 6. The number of carbonyl (C=O) groups is 2. The van der Waals surface area contributed by atoms with Crippen molar-refractivity contribution < 1.29 is 24.2 Å². The number of amides is 1.